The number of phenols is 1. The van der Waals surface area contributed by atoms with Gasteiger partial charge in [-0.2, -0.15) is 0 Å². The first-order valence-electron chi connectivity index (χ1n) is 6.56. The van der Waals surface area contributed by atoms with Gasteiger partial charge in [0, 0.05) is 18.0 Å². The van der Waals surface area contributed by atoms with Crippen LogP contribution in [0.25, 0.3) is 5.76 Å². The third-order valence-corrected chi connectivity index (χ3v) is 2.97. The maximum atomic E-state index is 11.9. The maximum absolute atomic E-state index is 11.9. The van der Waals surface area contributed by atoms with Crippen molar-refractivity contribution in [2.24, 2.45) is 0 Å². The third-order valence-electron chi connectivity index (χ3n) is 2.97. The Morgan fingerprint density at radius 1 is 1.50 bits per heavy atom. The van der Waals surface area contributed by atoms with Gasteiger partial charge in [-0.3, -0.25) is 4.79 Å². The Morgan fingerprint density at radius 2 is 2.25 bits per heavy atom. The predicted molar refractivity (Wildman–Crippen MR) is 75.4 cm³/mol. The molecule has 0 aliphatic carbocycles. The van der Waals surface area contributed by atoms with E-state index in [1.54, 1.807) is 18.2 Å². The van der Waals surface area contributed by atoms with Crippen LogP contribution >= 0.6 is 0 Å². The number of carbonyl (C=O) groups is 1. The fourth-order valence-electron chi connectivity index (χ4n) is 2.02. The average molecular weight is 277 g/mol. The topological polar surface area (TPSA) is 67.8 Å². The molecule has 1 aliphatic rings. The molecule has 2 rings (SSSR count). The van der Waals surface area contributed by atoms with Crippen molar-refractivity contribution < 1.29 is 19.4 Å². The molecule has 5 heteroatoms. The van der Waals surface area contributed by atoms with Gasteiger partial charge in [-0.05, 0) is 38.1 Å². The normalized spacial score (nSPS) is 17.6. The van der Waals surface area contributed by atoms with E-state index in [0.29, 0.717) is 17.9 Å². The zero-order valence-corrected chi connectivity index (χ0v) is 11.8. The second-order valence-corrected chi connectivity index (χ2v) is 4.96. The quantitative estimate of drug-likeness (QED) is 0.884. The lowest BCUT2D eigenvalue weighted by molar-refractivity contribution is -0.128. The van der Waals surface area contributed by atoms with Gasteiger partial charge in [-0.15, -0.1) is 0 Å². The molecule has 0 spiro atoms. The van der Waals surface area contributed by atoms with E-state index in [1.807, 2.05) is 19.9 Å². The molecule has 1 aliphatic heterocycles. The van der Waals surface area contributed by atoms with Crippen LogP contribution in [0.1, 0.15) is 25.8 Å². The number of nitrogens with one attached hydrogen (secondary N) is 1. The van der Waals surface area contributed by atoms with E-state index in [1.165, 1.54) is 7.11 Å². The average Bonchev–Trinajstić information content (AvgIpc) is 2.88. The van der Waals surface area contributed by atoms with Gasteiger partial charge in [-0.1, -0.05) is 0 Å². The Morgan fingerprint density at radius 3 is 2.90 bits per heavy atom. The van der Waals surface area contributed by atoms with Crippen LogP contribution in [0.3, 0.4) is 0 Å². The van der Waals surface area contributed by atoms with Crippen LogP contribution in [-0.4, -0.2) is 30.3 Å². The summed E-state index contributed by atoms with van der Waals surface area (Å²) in [5, 5.41) is 12.4. The number of carbonyl (C=O) groups excluding carboxylic acids is 1. The van der Waals surface area contributed by atoms with Crippen molar-refractivity contribution in [3.8, 4) is 11.5 Å². The Kier molecular flexibility index (Phi) is 4.17. The molecule has 0 fully saturated rings. The van der Waals surface area contributed by atoms with E-state index < -0.39 is 6.10 Å². The number of aromatic hydroxyl groups is 1. The Labute approximate surface area is 118 Å². The second-order valence-electron chi connectivity index (χ2n) is 4.96. The Balaban J connectivity index is 2.07. The zero-order valence-electron chi connectivity index (χ0n) is 11.8. The summed E-state index contributed by atoms with van der Waals surface area (Å²) in [6.45, 7) is 3.82. The first kappa shape index (κ1) is 14.2. The largest absolute Gasteiger partial charge is 0.504 e. The molecule has 1 atom stereocenters. The molecule has 1 heterocycles. The van der Waals surface area contributed by atoms with E-state index in [2.05, 4.69) is 5.32 Å². The highest BCUT2D eigenvalue weighted by Gasteiger charge is 2.26. The lowest BCUT2D eigenvalue weighted by Crippen LogP contribution is -2.38. The van der Waals surface area contributed by atoms with Crippen molar-refractivity contribution in [2.45, 2.75) is 32.4 Å². The molecule has 0 radical (unpaired) electrons. The van der Waals surface area contributed by atoms with E-state index in [-0.39, 0.29) is 17.7 Å². The number of amides is 1. The molecule has 0 bridgehead atoms. The van der Waals surface area contributed by atoms with Gasteiger partial charge < -0.3 is 19.9 Å². The van der Waals surface area contributed by atoms with Crippen molar-refractivity contribution in [2.75, 3.05) is 7.11 Å². The van der Waals surface area contributed by atoms with E-state index in [4.69, 9.17) is 9.47 Å². The summed E-state index contributed by atoms with van der Waals surface area (Å²) in [7, 11) is 1.49. The number of hydrogen-bond acceptors (Lipinski definition) is 4. The van der Waals surface area contributed by atoms with Crippen LogP contribution in [0.2, 0.25) is 0 Å². The molecule has 20 heavy (non-hydrogen) atoms. The van der Waals surface area contributed by atoms with Crippen molar-refractivity contribution in [3.63, 3.8) is 0 Å². The van der Waals surface area contributed by atoms with Crippen molar-refractivity contribution in [1.29, 1.82) is 0 Å². The second kappa shape index (κ2) is 5.86. The molecule has 0 saturated heterocycles. The fraction of sp³-hybridized carbons (Fsp3) is 0.400. The number of benzene rings is 1. The van der Waals surface area contributed by atoms with Crippen molar-refractivity contribution in [1.82, 2.24) is 5.32 Å². The van der Waals surface area contributed by atoms with E-state index >= 15 is 0 Å². The molecule has 1 unspecified atom stereocenters. The number of rotatable bonds is 4. The van der Waals surface area contributed by atoms with Crippen LogP contribution in [0, 0.1) is 0 Å². The molecule has 108 valence electrons. The van der Waals surface area contributed by atoms with Gasteiger partial charge in [0.15, 0.2) is 17.6 Å². The van der Waals surface area contributed by atoms with Gasteiger partial charge in [0.1, 0.15) is 5.76 Å². The van der Waals surface area contributed by atoms with Crippen LogP contribution in [0.15, 0.2) is 24.3 Å². The summed E-state index contributed by atoms with van der Waals surface area (Å²) >= 11 is 0. The van der Waals surface area contributed by atoms with Crippen LogP contribution < -0.4 is 10.1 Å². The number of phenolic OH excluding ortho intramolecular Hbond substituents is 1. The van der Waals surface area contributed by atoms with Crippen molar-refractivity contribution >= 4 is 11.7 Å². The zero-order chi connectivity index (χ0) is 14.7. The lowest BCUT2D eigenvalue weighted by atomic mass is 10.1. The minimum atomic E-state index is -0.493. The van der Waals surface area contributed by atoms with Gasteiger partial charge in [0.25, 0.3) is 5.91 Å². The highest BCUT2D eigenvalue weighted by atomic mass is 16.5. The van der Waals surface area contributed by atoms with Crippen LogP contribution in [-0.2, 0) is 9.53 Å². The number of methoxy groups -OCH3 is 1. The number of ether oxygens (including phenoxy) is 2. The number of hydrogen-bond donors (Lipinski definition) is 2. The summed E-state index contributed by atoms with van der Waals surface area (Å²) in [4.78, 5) is 11.9. The molecule has 1 aromatic rings. The minimum Gasteiger partial charge on any atom is -0.504 e. The monoisotopic (exact) mass is 277 g/mol. The molecule has 0 saturated carbocycles. The lowest BCUT2D eigenvalue weighted by Gasteiger charge is -2.15. The summed E-state index contributed by atoms with van der Waals surface area (Å²) in [6, 6.07) is 5.04. The highest BCUT2D eigenvalue weighted by molar-refractivity contribution is 5.83. The third kappa shape index (κ3) is 3.04. The summed E-state index contributed by atoms with van der Waals surface area (Å²) in [5.74, 6) is 0.968. The first-order valence-corrected chi connectivity index (χ1v) is 6.56. The van der Waals surface area contributed by atoms with Gasteiger partial charge in [0.05, 0.1) is 7.11 Å². The van der Waals surface area contributed by atoms with Gasteiger partial charge >= 0.3 is 0 Å². The summed E-state index contributed by atoms with van der Waals surface area (Å²) < 4.78 is 10.7. The van der Waals surface area contributed by atoms with Crippen molar-refractivity contribution in [3.05, 3.63) is 29.8 Å². The molecule has 2 N–H and O–H groups in total. The summed E-state index contributed by atoms with van der Waals surface area (Å²) in [5.41, 5.74) is 0.777. The molecular formula is C15H19NO4. The molecule has 0 aromatic heterocycles. The maximum Gasteiger partial charge on any atom is 0.261 e. The van der Waals surface area contributed by atoms with Gasteiger partial charge in [0.2, 0.25) is 0 Å². The first-order chi connectivity index (χ1) is 9.51. The van der Waals surface area contributed by atoms with Crippen LogP contribution in [0.4, 0.5) is 0 Å². The van der Waals surface area contributed by atoms with E-state index in [9.17, 15) is 9.90 Å². The van der Waals surface area contributed by atoms with Crippen LogP contribution in [0.5, 0.6) is 11.5 Å². The minimum absolute atomic E-state index is 0.0731. The Bertz CT molecular complexity index is 537. The molecule has 1 aromatic carbocycles. The fourth-order valence-corrected chi connectivity index (χ4v) is 2.02. The summed E-state index contributed by atoms with van der Waals surface area (Å²) in [6.07, 6.45) is 1.92. The SMILES string of the molecule is COc1cc(C2=CCC(C(=O)NC(C)C)O2)ccc1O. The molecule has 5 nitrogen and oxygen atoms in total. The molecule has 1 amide bonds. The Hall–Kier alpha value is -2.17. The molecular weight excluding hydrogens is 258 g/mol. The van der Waals surface area contributed by atoms with E-state index in [0.717, 1.165) is 5.56 Å². The highest BCUT2D eigenvalue weighted by Crippen LogP contribution is 2.33. The predicted octanol–water partition coefficient (Wildman–Crippen LogP) is 2.06. The smallest absolute Gasteiger partial charge is 0.261 e. The van der Waals surface area contributed by atoms with Gasteiger partial charge in [-0.25, -0.2) is 0 Å². The standard InChI is InChI=1S/C15H19NO4/c1-9(2)16-15(18)13-7-6-12(20-13)10-4-5-11(17)14(8-10)19-3/h4-6,8-9,13,17H,7H2,1-3H3,(H,16,18).